The fourth-order valence-electron chi connectivity index (χ4n) is 2.23. The number of carbonyl (C=O) groups is 1. The predicted molar refractivity (Wildman–Crippen MR) is 79.7 cm³/mol. The zero-order valence-electron chi connectivity index (χ0n) is 11.1. The Balaban J connectivity index is 1.69. The van der Waals surface area contributed by atoms with Crippen molar-refractivity contribution in [1.29, 1.82) is 0 Å². The summed E-state index contributed by atoms with van der Waals surface area (Å²) in [5, 5.41) is 5.13. The first-order valence-electron chi connectivity index (χ1n) is 6.65. The molecule has 0 spiro atoms. The van der Waals surface area contributed by atoms with E-state index in [1.807, 2.05) is 29.2 Å². The Morgan fingerprint density at radius 2 is 2.05 bits per heavy atom. The van der Waals surface area contributed by atoms with Crippen molar-refractivity contribution >= 4 is 28.6 Å². The number of carbonyl (C=O) groups excluding carboxylic acids is 1. The molecule has 6 heteroatoms. The van der Waals surface area contributed by atoms with E-state index in [9.17, 15) is 4.79 Å². The molecular weight excluding hydrogens is 272 g/mol. The normalized spacial score (nSPS) is 15.5. The van der Waals surface area contributed by atoms with Gasteiger partial charge in [0.25, 0.3) is 0 Å². The number of piperazine rings is 1. The van der Waals surface area contributed by atoms with Gasteiger partial charge in [-0.25, -0.2) is 9.97 Å². The number of aromatic nitrogens is 2. The summed E-state index contributed by atoms with van der Waals surface area (Å²) in [6, 6.07) is 7.87. The summed E-state index contributed by atoms with van der Waals surface area (Å²) in [7, 11) is 0. The minimum atomic E-state index is 0.180. The van der Waals surface area contributed by atoms with E-state index in [2.05, 4.69) is 15.3 Å². The number of thioether (sulfide) groups is 1. The second-order valence-electron chi connectivity index (χ2n) is 4.62. The third-order valence-electron chi connectivity index (χ3n) is 3.31. The molecule has 1 amide bonds. The SMILES string of the molecule is O=C(CSc1ncnc2ccccc12)N1CCNCC1. The lowest BCUT2D eigenvalue weighted by Crippen LogP contribution is -2.47. The average Bonchev–Trinajstić information content (AvgIpc) is 2.53. The fraction of sp³-hybridized carbons (Fsp3) is 0.357. The van der Waals surface area contributed by atoms with E-state index in [4.69, 9.17) is 0 Å². The molecule has 5 nitrogen and oxygen atoms in total. The van der Waals surface area contributed by atoms with Crippen LogP contribution in [-0.4, -0.2) is 52.7 Å². The predicted octanol–water partition coefficient (Wildman–Crippen LogP) is 1.15. The maximum atomic E-state index is 12.1. The number of benzene rings is 1. The number of fused-ring (bicyclic) bond motifs is 1. The van der Waals surface area contributed by atoms with Crippen LogP contribution in [0.2, 0.25) is 0 Å². The van der Waals surface area contributed by atoms with Crippen LogP contribution in [0.25, 0.3) is 10.9 Å². The van der Waals surface area contributed by atoms with Crippen LogP contribution in [-0.2, 0) is 4.79 Å². The highest BCUT2D eigenvalue weighted by molar-refractivity contribution is 8.00. The van der Waals surface area contributed by atoms with Gasteiger partial charge >= 0.3 is 0 Å². The Kier molecular flexibility index (Phi) is 4.13. The van der Waals surface area contributed by atoms with Gasteiger partial charge < -0.3 is 10.2 Å². The molecular formula is C14H16N4OS. The molecule has 0 atom stereocenters. The van der Waals surface area contributed by atoms with E-state index in [1.54, 1.807) is 6.33 Å². The maximum absolute atomic E-state index is 12.1. The molecule has 0 radical (unpaired) electrons. The number of nitrogens with zero attached hydrogens (tertiary/aromatic N) is 3. The molecule has 0 aliphatic carbocycles. The second-order valence-corrected chi connectivity index (χ2v) is 5.58. The van der Waals surface area contributed by atoms with Crippen molar-refractivity contribution in [2.45, 2.75) is 5.03 Å². The largest absolute Gasteiger partial charge is 0.339 e. The molecule has 1 fully saturated rings. The number of amides is 1. The van der Waals surface area contributed by atoms with Gasteiger partial charge in [-0.1, -0.05) is 30.0 Å². The first-order chi connectivity index (χ1) is 9.84. The minimum Gasteiger partial charge on any atom is -0.339 e. The molecule has 0 saturated carbocycles. The van der Waals surface area contributed by atoms with Gasteiger partial charge in [0, 0.05) is 31.6 Å². The Labute approximate surface area is 121 Å². The van der Waals surface area contributed by atoms with Crippen molar-refractivity contribution in [1.82, 2.24) is 20.2 Å². The van der Waals surface area contributed by atoms with Gasteiger partial charge in [0.05, 0.1) is 11.3 Å². The van der Waals surface area contributed by atoms with Gasteiger partial charge in [0.15, 0.2) is 0 Å². The van der Waals surface area contributed by atoms with Crippen molar-refractivity contribution in [3.05, 3.63) is 30.6 Å². The van der Waals surface area contributed by atoms with Crippen LogP contribution in [0.1, 0.15) is 0 Å². The van der Waals surface area contributed by atoms with Crippen molar-refractivity contribution in [3.63, 3.8) is 0 Å². The van der Waals surface area contributed by atoms with E-state index < -0.39 is 0 Å². The third kappa shape index (κ3) is 2.91. The highest BCUT2D eigenvalue weighted by Gasteiger charge is 2.16. The molecule has 0 unspecified atom stereocenters. The Morgan fingerprint density at radius 3 is 2.90 bits per heavy atom. The number of hydrogen-bond donors (Lipinski definition) is 1. The van der Waals surface area contributed by atoms with Crippen LogP contribution >= 0.6 is 11.8 Å². The van der Waals surface area contributed by atoms with Gasteiger partial charge in [-0.05, 0) is 6.07 Å². The summed E-state index contributed by atoms with van der Waals surface area (Å²) >= 11 is 1.49. The molecule has 2 aromatic rings. The molecule has 2 heterocycles. The lowest BCUT2D eigenvalue weighted by Gasteiger charge is -2.27. The number of para-hydroxylation sites is 1. The van der Waals surface area contributed by atoms with Crippen molar-refractivity contribution in [2.75, 3.05) is 31.9 Å². The van der Waals surface area contributed by atoms with Crippen LogP contribution in [0.15, 0.2) is 35.6 Å². The molecule has 1 aliphatic rings. The zero-order chi connectivity index (χ0) is 13.8. The van der Waals surface area contributed by atoms with Crippen LogP contribution in [0.4, 0.5) is 0 Å². The van der Waals surface area contributed by atoms with Gasteiger partial charge in [-0.3, -0.25) is 4.79 Å². The van der Waals surface area contributed by atoms with Crippen LogP contribution in [0.3, 0.4) is 0 Å². The smallest absolute Gasteiger partial charge is 0.233 e. The molecule has 1 aromatic heterocycles. The first-order valence-corrected chi connectivity index (χ1v) is 7.64. The summed E-state index contributed by atoms with van der Waals surface area (Å²) in [5.41, 5.74) is 0.916. The maximum Gasteiger partial charge on any atom is 0.233 e. The molecule has 1 aliphatic heterocycles. The molecule has 1 N–H and O–H groups in total. The van der Waals surface area contributed by atoms with Crippen LogP contribution in [0, 0.1) is 0 Å². The Bertz CT molecular complexity index is 608. The van der Waals surface area contributed by atoms with Crippen LogP contribution in [0.5, 0.6) is 0 Å². The summed E-state index contributed by atoms with van der Waals surface area (Å²) < 4.78 is 0. The van der Waals surface area contributed by atoms with Crippen molar-refractivity contribution in [2.24, 2.45) is 0 Å². The lowest BCUT2D eigenvalue weighted by atomic mass is 10.2. The monoisotopic (exact) mass is 288 g/mol. The van der Waals surface area contributed by atoms with E-state index in [0.29, 0.717) is 5.75 Å². The third-order valence-corrected chi connectivity index (χ3v) is 4.30. The molecule has 0 bridgehead atoms. The van der Waals surface area contributed by atoms with Gasteiger partial charge in [-0.15, -0.1) is 0 Å². The number of hydrogen-bond acceptors (Lipinski definition) is 5. The van der Waals surface area contributed by atoms with E-state index in [0.717, 1.165) is 42.1 Å². The lowest BCUT2D eigenvalue weighted by molar-refractivity contribution is -0.128. The van der Waals surface area contributed by atoms with E-state index >= 15 is 0 Å². The van der Waals surface area contributed by atoms with Crippen molar-refractivity contribution < 1.29 is 4.79 Å². The quantitative estimate of drug-likeness (QED) is 0.678. The van der Waals surface area contributed by atoms with E-state index in [1.165, 1.54) is 11.8 Å². The van der Waals surface area contributed by atoms with E-state index in [-0.39, 0.29) is 5.91 Å². The molecule has 1 aromatic carbocycles. The molecule has 3 rings (SSSR count). The fourth-order valence-corrected chi connectivity index (χ4v) is 3.12. The average molecular weight is 288 g/mol. The minimum absolute atomic E-state index is 0.180. The summed E-state index contributed by atoms with van der Waals surface area (Å²) in [5.74, 6) is 0.611. The zero-order valence-corrected chi connectivity index (χ0v) is 11.9. The van der Waals surface area contributed by atoms with Gasteiger partial charge in [0.2, 0.25) is 5.91 Å². The van der Waals surface area contributed by atoms with Crippen molar-refractivity contribution in [3.8, 4) is 0 Å². The number of nitrogens with one attached hydrogen (secondary N) is 1. The topological polar surface area (TPSA) is 58.1 Å². The Hall–Kier alpha value is -1.66. The molecule has 20 heavy (non-hydrogen) atoms. The standard InChI is InChI=1S/C14H16N4OS/c19-13(18-7-5-15-6-8-18)9-20-14-11-3-1-2-4-12(11)16-10-17-14/h1-4,10,15H,5-9H2. The summed E-state index contributed by atoms with van der Waals surface area (Å²) in [6.45, 7) is 3.35. The highest BCUT2D eigenvalue weighted by atomic mass is 32.2. The van der Waals surface area contributed by atoms with Gasteiger partial charge in [0.1, 0.15) is 11.4 Å². The van der Waals surface area contributed by atoms with Gasteiger partial charge in [-0.2, -0.15) is 0 Å². The summed E-state index contributed by atoms with van der Waals surface area (Å²) in [4.78, 5) is 22.6. The number of rotatable bonds is 3. The second kappa shape index (κ2) is 6.19. The first kappa shape index (κ1) is 13.3. The Morgan fingerprint density at radius 1 is 1.25 bits per heavy atom. The summed E-state index contributed by atoms with van der Waals surface area (Å²) in [6.07, 6.45) is 1.56. The molecule has 1 saturated heterocycles. The van der Waals surface area contributed by atoms with Crippen LogP contribution < -0.4 is 5.32 Å². The highest BCUT2D eigenvalue weighted by Crippen LogP contribution is 2.24. The molecule has 104 valence electrons.